The summed E-state index contributed by atoms with van der Waals surface area (Å²) in [6, 6.07) is 0. The van der Waals surface area contributed by atoms with Crippen LogP contribution in [0, 0.1) is 0 Å². The van der Waals surface area contributed by atoms with Gasteiger partial charge in [-0.15, -0.1) is 0 Å². The van der Waals surface area contributed by atoms with Gasteiger partial charge in [-0.1, -0.05) is 6.92 Å². The maximum Gasteiger partial charge on any atom is 0.305 e. The summed E-state index contributed by atoms with van der Waals surface area (Å²) >= 11 is 0. The van der Waals surface area contributed by atoms with E-state index in [0.29, 0.717) is 6.42 Å². The van der Waals surface area contributed by atoms with Crippen molar-refractivity contribution >= 4 is 5.97 Å². The smallest absolute Gasteiger partial charge is 0.305 e. The van der Waals surface area contributed by atoms with Crippen molar-refractivity contribution in [2.45, 2.75) is 19.8 Å². The summed E-state index contributed by atoms with van der Waals surface area (Å²) in [4.78, 5) is 10.2. The number of hydrogen-bond acceptors (Lipinski definition) is 3. The lowest BCUT2D eigenvalue weighted by Gasteiger charge is -2.21. The van der Waals surface area contributed by atoms with Crippen molar-refractivity contribution in [1.29, 1.82) is 0 Å². The predicted octanol–water partition coefficient (Wildman–Crippen LogP) is 0.644. The summed E-state index contributed by atoms with van der Waals surface area (Å²) in [5.41, 5.74) is 0. The molecule has 0 saturated heterocycles. The second-order valence-electron chi connectivity index (χ2n) is 4.06. The first-order valence-corrected chi connectivity index (χ1v) is 4.85. The molecule has 0 atom stereocenters. The lowest BCUT2D eigenvalue weighted by Crippen LogP contribution is -2.36. The molecule has 4 nitrogen and oxygen atoms in total. The number of likely N-dealkylation sites (N-methyl/N-ethyl adjacent to an activating group) is 1. The molecule has 0 spiro atoms. The van der Waals surface area contributed by atoms with E-state index in [0.717, 1.165) is 17.4 Å². The van der Waals surface area contributed by atoms with E-state index < -0.39 is 0 Å². The minimum absolute atomic E-state index is 0.123. The number of carbonyl (C=O) groups is 1. The van der Waals surface area contributed by atoms with Crippen molar-refractivity contribution in [3.8, 4) is 0 Å². The third-order valence-electron chi connectivity index (χ3n) is 1.45. The molecule has 0 fully saturated rings. The molecule has 0 amide bonds. The summed E-state index contributed by atoms with van der Waals surface area (Å²) in [5, 5.41) is 8.39. The van der Waals surface area contributed by atoms with Gasteiger partial charge in [0, 0.05) is 6.42 Å². The molecule has 0 heterocycles. The fourth-order valence-electron chi connectivity index (χ4n) is 0.606. The molecule has 86 valence electrons. The van der Waals surface area contributed by atoms with E-state index in [1.807, 2.05) is 6.92 Å². The number of aliphatic hydroxyl groups is 1. The first-order chi connectivity index (χ1) is 6.37. The lowest BCUT2D eigenvalue weighted by molar-refractivity contribution is -0.870. The van der Waals surface area contributed by atoms with Crippen LogP contribution in [0.2, 0.25) is 0 Å². The van der Waals surface area contributed by atoms with E-state index >= 15 is 0 Å². The Hall–Kier alpha value is -0.610. The average Bonchev–Trinajstić information content (AvgIpc) is 2.03. The Kier molecular flexibility index (Phi) is 10.1. The lowest BCUT2D eigenvalue weighted by atomic mass is 10.3. The van der Waals surface area contributed by atoms with Gasteiger partial charge in [0.05, 0.1) is 34.9 Å². The molecule has 0 aliphatic rings. The van der Waals surface area contributed by atoms with E-state index in [1.165, 1.54) is 7.11 Å². The van der Waals surface area contributed by atoms with Crippen molar-refractivity contribution in [2.75, 3.05) is 41.4 Å². The number of nitrogens with zero attached hydrogens (tertiary/aromatic N) is 1. The molecule has 0 bridgehead atoms. The molecule has 0 radical (unpaired) electrons. The van der Waals surface area contributed by atoms with Crippen LogP contribution in [0.4, 0.5) is 0 Å². The largest absolute Gasteiger partial charge is 0.469 e. The van der Waals surface area contributed by atoms with Gasteiger partial charge in [-0.25, -0.2) is 0 Å². The Morgan fingerprint density at radius 3 is 1.93 bits per heavy atom. The number of ether oxygens (including phenoxy) is 1. The van der Waals surface area contributed by atoms with Crippen LogP contribution in [0.15, 0.2) is 0 Å². The first kappa shape index (κ1) is 15.8. The number of esters is 1. The number of aliphatic hydroxyl groups excluding tert-OH is 1. The fraction of sp³-hybridized carbons (Fsp3) is 0.900. The normalized spacial score (nSPS) is 10.1. The van der Waals surface area contributed by atoms with Gasteiger partial charge in [0.15, 0.2) is 0 Å². The highest BCUT2D eigenvalue weighted by Crippen LogP contribution is 1.87. The zero-order valence-electron chi connectivity index (χ0n) is 10.0. The highest BCUT2D eigenvalue weighted by Gasteiger charge is 2.02. The first-order valence-electron chi connectivity index (χ1n) is 4.85. The maximum absolute atomic E-state index is 10.2. The van der Waals surface area contributed by atoms with Gasteiger partial charge >= 0.3 is 5.97 Å². The van der Waals surface area contributed by atoms with Crippen LogP contribution >= 0.6 is 0 Å². The van der Waals surface area contributed by atoms with Crippen molar-refractivity contribution in [3.63, 3.8) is 0 Å². The van der Waals surface area contributed by atoms with Gasteiger partial charge in [-0.3, -0.25) is 4.79 Å². The van der Waals surface area contributed by atoms with Crippen LogP contribution < -0.4 is 0 Å². The van der Waals surface area contributed by atoms with Crippen LogP contribution in [-0.4, -0.2) is 57.0 Å². The molecule has 0 aliphatic carbocycles. The highest BCUT2D eigenvalue weighted by atomic mass is 16.5. The van der Waals surface area contributed by atoms with E-state index in [2.05, 4.69) is 25.9 Å². The van der Waals surface area contributed by atoms with E-state index in [4.69, 9.17) is 5.11 Å². The third kappa shape index (κ3) is 17.5. The van der Waals surface area contributed by atoms with Crippen molar-refractivity contribution in [2.24, 2.45) is 0 Å². The maximum atomic E-state index is 10.2. The fourth-order valence-corrected chi connectivity index (χ4v) is 0.606. The van der Waals surface area contributed by atoms with Gasteiger partial charge in [-0.05, 0) is 6.42 Å². The molecule has 0 aromatic heterocycles. The Morgan fingerprint density at radius 1 is 1.36 bits per heavy atom. The average molecular weight is 206 g/mol. The SMILES string of the molecule is CCCC(=O)OC.C[N+](C)(C)CCO. The van der Waals surface area contributed by atoms with E-state index in [9.17, 15) is 4.79 Å². The summed E-state index contributed by atoms with van der Waals surface area (Å²) in [6.07, 6.45) is 1.41. The number of rotatable bonds is 4. The number of hydrogen-bond donors (Lipinski definition) is 1. The minimum atomic E-state index is -0.123. The van der Waals surface area contributed by atoms with Gasteiger partial charge < -0.3 is 14.3 Å². The number of quaternary nitrogens is 1. The standard InChI is InChI=1S/C5H14NO.C5H10O2/c1-6(2,3)4-5-7;1-3-4-5(6)7-2/h7H,4-5H2,1-3H3;3-4H2,1-2H3/q+1;. The summed E-state index contributed by atoms with van der Waals surface area (Å²) in [7, 11) is 7.56. The van der Waals surface area contributed by atoms with Gasteiger partial charge in [0.2, 0.25) is 0 Å². The van der Waals surface area contributed by atoms with Gasteiger partial charge in [0.25, 0.3) is 0 Å². The van der Waals surface area contributed by atoms with Crippen LogP contribution in [-0.2, 0) is 9.53 Å². The summed E-state index contributed by atoms with van der Waals surface area (Å²) < 4.78 is 5.20. The summed E-state index contributed by atoms with van der Waals surface area (Å²) in [6.45, 7) is 3.06. The Bertz CT molecular complexity index is 141. The molecule has 0 unspecified atom stereocenters. The van der Waals surface area contributed by atoms with Crippen LogP contribution in [0.1, 0.15) is 19.8 Å². The topological polar surface area (TPSA) is 46.5 Å². The van der Waals surface area contributed by atoms with Gasteiger partial charge in [-0.2, -0.15) is 0 Å². The minimum Gasteiger partial charge on any atom is -0.469 e. The van der Waals surface area contributed by atoms with Crippen LogP contribution in [0.25, 0.3) is 0 Å². The number of carbonyl (C=O) groups excluding carboxylic acids is 1. The monoisotopic (exact) mass is 206 g/mol. The molecule has 0 saturated carbocycles. The molecular formula is C10H24NO3+. The van der Waals surface area contributed by atoms with Gasteiger partial charge in [0.1, 0.15) is 6.54 Å². The zero-order valence-corrected chi connectivity index (χ0v) is 10.0. The Morgan fingerprint density at radius 2 is 1.86 bits per heavy atom. The third-order valence-corrected chi connectivity index (χ3v) is 1.45. The van der Waals surface area contributed by atoms with Crippen molar-refractivity contribution < 1.29 is 19.1 Å². The second kappa shape index (κ2) is 8.97. The second-order valence-corrected chi connectivity index (χ2v) is 4.06. The highest BCUT2D eigenvalue weighted by molar-refractivity contribution is 5.68. The summed E-state index contributed by atoms with van der Waals surface area (Å²) in [5.74, 6) is -0.123. The Labute approximate surface area is 87.1 Å². The van der Waals surface area contributed by atoms with E-state index in [-0.39, 0.29) is 12.6 Å². The zero-order chi connectivity index (χ0) is 11.6. The van der Waals surface area contributed by atoms with Crippen molar-refractivity contribution in [3.05, 3.63) is 0 Å². The molecule has 0 rings (SSSR count). The molecule has 1 N–H and O–H groups in total. The molecule has 0 aromatic rings. The molecule has 0 aromatic carbocycles. The Balaban J connectivity index is 0. The van der Waals surface area contributed by atoms with Crippen molar-refractivity contribution in [1.82, 2.24) is 0 Å². The molecule has 14 heavy (non-hydrogen) atoms. The van der Waals surface area contributed by atoms with Crippen LogP contribution in [0.3, 0.4) is 0 Å². The number of methoxy groups -OCH3 is 1. The molecular weight excluding hydrogens is 182 g/mol. The molecule has 4 heteroatoms. The predicted molar refractivity (Wildman–Crippen MR) is 56.9 cm³/mol. The van der Waals surface area contributed by atoms with Crippen LogP contribution in [0.5, 0.6) is 0 Å². The molecule has 0 aliphatic heterocycles. The van der Waals surface area contributed by atoms with E-state index in [1.54, 1.807) is 0 Å². The quantitative estimate of drug-likeness (QED) is 0.542.